The lowest BCUT2D eigenvalue weighted by molar-refractivity contribution is 0.456. The fraction of sp³-hybridized carbons (Fsp3) is 0.0909. The van der Waals surface area contributed by atoms with Gasteiger partial charge >= 0.3 is 0 Å². The number of halogens is 2. The number of hydrazine groups is 1. The van der Waals surface area contributed by atoms with Gasteiger partial charge in [0, 0.05) is 6.07 Å². The molecule has 2 rings (SSSR count). The van der Waals surface area contributed by atoms with Crippen LogP contribution in [-0.2, 0) is 0 Å². The summed E-state index contributed by atoms with van der Waals surface area (Å²) in [5.74, 6) is 6.54. The van der Waals surface area contributed by atoms with Gasteiger partial charge in [0.25, 0.3) is 0 Å². The topological polar surface area (TPSA) is 73.1 Å². The van der Waals surface area contributed by atoms with Gasteiger partial charge in [-0.2, -0.15) is 4.98 Å². The first-order chi connectivity index (χ1) is 9.13. The van der Waals surface area contributed by atoms with Gasteiger partial charge in [-0.25, -0.2) is 10.8 Å². The van der Waals surface area contributed by atoms with Crippen molar-refractivity contribution in [3.63, 3.8) is 0 Å². The minimum atomic E-state index is 0.329. The summed E-state index contributed by atoms with van der Waals surface area (Å²) >= 11 is 13.3. The molecule has 0 aliphatic rings. The van der Waals surface area contributed by atoms with E-state index < -0.39 is 0 Å². The van der Waals surface area contributed by atoms with E-state index in [1.165, 1.54) is 11.8 Å². The van der Waals surface area contributed by atoms with Crippen LogP contribution in [-0.4, -0.2) is 16.2 Å². The van der Waals surface area contributed by atoms with Crippen LogP contribution in [0.4, 0.5) is 5.82 Å². The Balaban J connectivity index is 2.34. The summed E-state index contributed by atoms with van der Waals surface area (Å²) < 4.78 is 5.60. The number of nitrogen functional groups attached to an aromatic ring is 1. The molecule has 0 atom stereocenters. The zero-order valence-corrected chi connectivity index (χ0v) is 12.2. The Morgan fingerprint density at radius 2 is 2.11 bits per heavy atom. The number of aromatic nitrogens is 2. The summed E-state index contributed by atoms with van der Waals surface area (Å²) in [5, 5.41) is 1.27. The molecule has 0 unspecified atom stereocenters. The Hall–Kier alpha value is -1.21. The van der Waals surface area contributed by atoms with Crippen molar-refractivity contribution in [2.45, 2.75) is 5.16 Å². The molecule has 0 amide bonds. The molecule has 19 heavy (non-hydrogen) atoms. The Labute approximate surface area is 124 Å². The zero-order valence-electron chi connectivity index (χ0n) is 9.85. The molecule has 100 valence electrons. The highest BCUT2D eigenvalue weighted by molar-refractivity contribution is 7.98. The number of thioether (sulfide) groups is 1. The molecule has 8 heteroatoms. The van der Waals surface area contributed by atoms with Gasteiger partial charge in [0.15, 0.2) is 5.16 Å². The molecule has 1 aromatic heterocycles. The van der Waals surface area contributed by atoms with E-state index in [1.54, 1.807) is 24.3 Å². The van der Waals surface area contributed by atoms with Gasteiger partial charge in [-0.15, -0.1) is 0 Å². The number of hydrogen-bond donors (Lipinski definition) is 2. The Morgan fingerprint density at radius 1 is 1.32 bits per heavy atom. The molecule has 0 saturated carbocycles. The number of rotatable bonds is 4. The van der Waals surface area contributed by atoms with Crippen molar-refractivity contribution in [1.29, 1.82) is 0 Å². The first kappa shape index (κ1) is 14.2. The predicted molar refractivity (Wildman–Crippen MR) is 78.2 cm³/mol. The normalized spacial score (nSPS) is 10.3. The van der Waals surface area contributed by atoms with Crippen molar-refractivity contribution >= 4 is 40.8 Å². The third-order valence-electron chi connectivity index (χ3n) is 2.14. The van der Waals surface area contributed by atoms with Gasteiger partial charge in [-0.05, 0) is 18.4 Å². The van der Waals surface area contributed by atoms with E-state index in [-0.39, 0.29) is 0 Å². The van der Waals surface area contributed by atoms with E-state index in [9.17, 15) is 0 Å². The van der Waals surface area contributed by atoms with E-state index in [1.807, 2.05) is 6.26 Å². The molecule has 0 saturated heterocycles. The van der Waals surface area contributed by atoms with Gasteiger partial charge in [-0.1, -0.05) is 41.0 Å². The van der Waals surface area contributed by atoms with E-state index in [4.69, 9.17) is 33.8 Å². The summed E-state index contributed by atoms with van der Waals surface area (Å²) in [5.41, 5.74) is 2.45. The fourth-order valence-corrected chi connectivity index (χ4v) is 2.00. The van der Waals surface area contributed by atoms with E-state index in [0.717, 1.165) is 0 Å². The molecule has 0 spiro atoms. The van der Waals surface area contributed by atoms with Crippen molar-refractivity contribution < 1.29 is 4.74 Å². The maximum absolute atomic E-state index is 6.04. The maximum Gasteiger partial charge on any atom is 0.225 e. The zero-order chi connectivity index (χ0) is 13.8. The van der Waals surface area contributed by atoms with Gasteiger partial charge in [-0.3, -0.25) is 0 Å². The lowest BCUT2D eigenvalue weighted by Crippen LogP contribution is -2.09. The van der Waals surface area contributed by atoms with Crippen LogP contribution in [0.1, 0.15) is 0 Å². The second-order valence-electron chi connectivity index (χ2n) is 3.38. The van der Waals surface area contributed by atoms with Crippen LogP contribution < -0.4 is 16.0 Å². The molecule has 0 fully saturated rings. The quantitative estimate of drug-likeness (QED) is 0.389. The fourth-order valence-electron chi connectivity index (χ4n) is 1.30. The highest BCUT2D eigenvalue weighted by Crippen LogP contribution is 2.34. The number of ether oxygens (including phenoxy) is 1. The van der Waals surface area contributed by atoms with Crippen molar-refractivity contribution in [3.8, 4) is 11.6 Å². The van der Waals surface area contributed by atoms with Crippen LogP contribution in [0.2, 0.25) is 10.0 Å². The van der Waals surface area contributed by atoms with Gasteiger partial charge in [0.1, 0.15) is 16.6 Å². The van der Waals surface area contributed by atoms with Crippen LogP contribution in [0.5, 0.6) is 11.6 Å². The Kier molecular flexibility index (Phi) is 4.71. The van der Waals surface area contributed by atoms with Crippen LogP contribution in [0.3, 0.4) is 0 Å². The number of nitrogens with two attached hydrogens (primary N) is 1. The highest BCUT2D eigenvalue weighted by atomic mass is 35.5. The largest absolute Gasteiger partial charge is 0.437 e. The Bertz CT molecular complexity index is 575. The summed E-state index contributed by atoms with van der Waals surface area (Å²) in [6.45, 7) is 0. The SMILES string of the molecule is CSc1nc(NN)cc(Oc2cccc(Cl)c2Cl)n1. The van der Waals surface area contributed by atoms with Crippen molar-refractivity contribution in [2.75, 3.05) is 11.7 Å². The minimum Gasteiger partial charge on any atom is -0.437 e. The Morgan fingerprint density at radius 3 is 2.79 bits per heavy atom. The average Bonchev–Trinajstić information content (AvgIpc) is 2.43. The molecular weight excluding hydrogens is 307 g/mol. The molecule has 2 aromatic rings. The number of nitrogens with zero attached hydrogens (tertiary/aromatic N) is 2. The van der Waals surface area contributed by atoms with E-state index >= 15 is 0 Å². The molecular formula is C11H10Cl2N4OS. The lowest BCUT2D eigenvalue weighted by atomic mass is 10.3. The van der Waals surface area contributed by atoms with Gasteiger partial charge in [0.2, 0.25) is 5.88 Å². The molecule has 1 heterocycles. The molecule has 5 nitrogen and oxygen atoms in total. The second-order valence-corrected chi connectivity index (χ2v) is 4.94. The standard InChI is InChI=1S/C11H10Cl2N4OS/c1-19-11-15-8(17-14)5-9(16-11)18-7-4-2-3-6(12)10(7)13/h2-5H,14H2,1H3,(H,15,16,17). The van der Waals surface area contributed by atoms with Crippen LogP contribution in [0, 0.1) is 0 Å². The molecule has 0 bridgehead atoms. The average molecular weight is 317 g/mol. The van der Waals surface area contributed by atoms with E-state index in [0.29, 0.717) is 32.6 Å². The molecule has 0 aliphatic carbocycles. The molecule has 0 aliphatic heterocycles. The summed E-state index contributed by atoms with van der Waals surface area (Å²) in [7, 11) is 0. The number of anilines is 1. The summed E-state index contributed by atoms with van der Waals surface area (Å²) in [6, 6.07) is 6.68. The third-order valence-corrected chi connectivity index (χ3v) is 3.49. The van der Waals surface area contributed by atoms with Gasteiger partial charge < -0.3 is 10.2 Å². The number of benzene rings is 1. The van der Waals surface area contributed by atoms with Crippen molar-refractivity contribution in [3.05, 3.63) is 34.3 Å². The van der Waals surface area contributed by atoms with E-state index in [2.05, 4.69) is 15.4 Å². The molecule has 0 radical (unpaired) electrons. The summed E-state index contributed by atoms with van der Waals surface area (Å²) in [6.07, 6.45) is 1.85. The van der Waals surface area contributed by atoms with Crippen molar-refractivity contribution in [1.82, 2.24) is 9.97 Å². The second kappa shape index (κ2) is 6.29. The first-order valence-corrected chi connectivity index (χ1v) is 7.13. The monoisotopic (exact) mass is 316 g/mol. The van der Waals surface area contributed by atoms with Crippen LogP contribution in [0.15, 0.2) is 29.4 Å². The number of hydrogen-bond acceptors (Lipinski definition) is 6. The first-order valence-electron chi connectivity index (χ1n) is 5.15. The summed E-state index contributed by atoms with van der Waals surface area (Å²) in [4.78, 5) is 8.33. The lowest BCUT2D eigenvalue weighted by Gasteiger charge is -2.09. The van der Waals surface area contributed by atoms with Crippen LogP contribution >= 0.6 is 35.0 Å². The predicted octanol–water partition coefficient (Wildman–Crippen LogP) is 3.58. The maximum atomic E-state index is 6.04. The third kappa shape index (κ3) is 3.42. The number of nitrogens with one attached hydrogen (secondary N) is 1. The van der Waals surface area contributed by atoms with Crippen molar-refractivity contribution in [2.24, 2.45) is 5.84 Å². The molecule has 3 N–H and O–H groups in total. The van der Waals surface area contributed by atoms with Gasteiger partial charge in [0.05, 0.1) is 5.02 Å². The van der Waals surface area contributed by atoms with Crippen LogP contribution in [0.25, 0.3) is 0 Å². The molecule has 1 aromatic carbocycles. The smallest absolute Gasteiger partial charge is 0.225 e. The minimum absolute atomic E-state index is 0.329. The highest BCUT2D eigenvalue weighted by Gasteiger charge is 2.10.